The fourth-order valence-electron chi connectivity index (χ4n) is 10.2. The van der Waals surface area contributed by atoms with E-state index >= 15 is 0 Å². The molecule has 0 aromatic heterocycles. The summed E-state index contributed by atoms with van der Waals surface area (Å²) in [4.78, 5) is 11.9. The molecule has 0 spiro atoms. The van der Waals surface area contributed by atoms with Crippen molar-refractivity contribution in [2.24, 2.45) is 58.2 Å². The number of hydrogen-bond acceptors (Lipinski definition) is 5. The van der Waals surface area contributed by atoms with Crippen LogP contribution < -0.4 is 0 Å². The number of methoxy groups -OCH3 is 2. The molecule has 0 amide bonds. The van der Waals surface area contributed by atoms with Crippen LogP contribution in [-0.4, -0.2) is 44.3 Å². The van der Waals surface area contributed by atoms with Gasteiger partial charge in [-0.05, 0) is 103 Å². The van der Waals surface area contributed by atoms with Gasteiger partial charge in [-0.3, -0.25) is 0 Å². The van der Waals surface area contributed by atoms with E-state index in [4.69, 9.17) is 14.2 Å². The molecule has 4 aliphatic rings. The van der Waals surface area contributed by atoms with Crippen LogP contribution in [0.3, 0.4) is 0 Å². The lowest BCUT2D eigenvalue weighted by atomic mass is 9.41. The number of carbonyl (C=O) groups excluding carboxylic acids is 1. The molecule has 0 aromatic rings. The van der Waals surface area contributed by atoms with Gasteiger partial charge in [0.25, 0.3) is 0 Å². The zero-order chi connectivity index (χ0) is 25.5. The fraction of sp³-hybridized carbons (Fsp3) is 0.967. The number of hydrogen-bond donors (Lipinski definition) is 1. The van der Waals surface area contributed by atoms with Crippen molar-refractivity contribution in [2.75, 3.05) is 21.0 Å². The lowest BCUT2D eigenvalue weighted by Crippen LogP contribution is -2.62. The van der Waals surface area contributed by atoms with Crippen LogP contribution in [-0.2, 0) is 19.0 Å². The van der Waals surface area contributed by atoms with Crippen molar-refractivity contribution in [1.82, 2.24) is 0 Å². The average Bonchev–Trinajstić information content (AvgIpc) is 3.19. The lowest BCUT2D eigenvalue weighted by Gasteiger charge is -2.65. The number of aliphatic hydroxyl groups excluding tert-OH is 1. The minimum Gasteiger partial charge on any atom is -0.467 e. The highest BCUT2D eigenvalue weighted by Gasteiger charge is 2.65. The summed E-state index contributed by atoms with van der Waals surface area (Å²) in [7, 11) is 3.11. The molecule has 12 atom stereocenters. The highest BCUT2D eigenvalue weighted by Crippen LogP contribution is 2.70. The molecule has 0 radical (unpaired) electrons. The Balaban J connectivity index is 1.64. The third kappa shape index (κ3) is 4.61. The Hall–Kier alpha value is -0.650. The highest BCUT2D eigenvalue weighted by atomic mass is 16.7. The maximum absolute atomic E-state index is 11.9. The second-order valence-electron chi connectivity index (χ2n) is 13.4. The quantitative estimate of drug-likeness (QED) is 0.329. The van der Waals surface area contributed by atoms with Crippen LogP contribution in [0.25, 0.3) is 0 Å². The summed E-state index contributed by atoms with van der Waals surface area (Å²) in [6, 6.07) is 0. The van der Waals surface area contributed by atoms with Gasteiger partial charge in [0.1, 0.15) is 6.79 Å². The van der Waals surface area contributed by atoms with Crippen LogP contribution in [0.1, 0.15) is 92.4 Å². The SMILES string of the molecule is CC[C@H]1[C@@H](OCOC)C2C3CC[C@H]([C@H](C)CC(O)C(=O)OC)[C@@]3(C)CCC2[C@@]2(C)CC[C@@H](C)C[C@@H]12. The van der Waals surface area contributed by atoms with Gasteiger partial charge in [-0.1, -0.05) is 47.5 Å². The molecule has 0 aromatic carbocycles. The minimum atomic E-state index is -1.02. The summed E-state index contributed by atoms with van der Waals surface area (Å²) in [5.74, 6) is 4.39. The molecule has 5 heteroatoms. The van der Waals surface area contributed by atoms with Crippen LogP contribution >= 0.6 is 0 Å². The predicted molar refractivity (Wildman–Crippen MR) is 137 cm³/mol. The summed E-state index contributed by atoms with van der Waals surface area (Å²) in [5.41, 5.74) is 0.644. The summed E-state index contributed by atoms with van der Waals surface area (Å²) in [5, 5.41) is 10.4. The van der Waals surface area contributed by atoms with Crippen molar-refractivity contribution in [3.63, 3.8) is 0 Å². The smallest absolute Gasteiger partial charge is 0.334 e. The summed E-state index contributed by atoms with van der Waals surface area (Å²) < 4.78 is 17.0. The van der Waals surface area contributed by atoms with Gasteiger partial charge in [0.15, 0.2) is 6.10 Å². The van der Waals surface area contributed by atoms with Crippen molar-refractivity contribution < 1.29 is 24.1 Å². The van der Waals surface area contributed by atoms with Gasteiger partial charge in [-0.15, -0.1) is 0 Å². The monoisotopic (exact) mass is 492 g/mol. The van der Waals surface area contributed by atoms with Gasteiger partial charge in [0.2, 0.25) is 0 Å². The van der Waals surface area contributed by atoms with Gasteiger partial charge in [0, 0.05) is 7.11 Å². The molecule has 0 bridgehead atoms. The molecule has 35 heavy (non-hydrogen) atoms. The maximum Gasteiger partial charge on any atom is 0.334 e. The molecular weight excluding hydrogens is 440 g/mol. The van der Waals surface area contributed by atoms with E-state index in [-0.39, 0.29) is 11.5 Å². The van der Waals surface area contributed by atoms with Crippen molar-refractivity contribution in [3.8, 4) is 0 Å². The predicted octanol–water partition coefficient (Wildman–Crippen LogP) is 6.08. The zero-order valence-electron chi connectivity index (χ0n) is 23.4. The van der Waals surface area contributed by atoms with Gasteiger partial charge < -0.3 is 19.3 Å². The van der Waals surface area contributed by atoms with Crippen molar-refractivity contribution in [2.45, 2.75) is 105 Å². The molecule has 5 nitrogen and oxygen atoms in total. The van der Waals surface area contributed by atoms with Crippen molar-refractivity contribution in [1.29, 1.82) is 0 Å². The fourth-order valence-corrected chi connectivity index (χ4v) is 10.2. The second kappa shape index (κ2) is 10.6. The lowest BCUT2D eigenvalue weighted by molar-refractivity contribution is -0.231. The van der Waals surface area contributed by atoms with Gasteiger partial charge in [0.05, 0.1) is 13.2 Å². The number of ether oxygens (including phenoxy) is 3. The Morgan fingerprint density at radius 3 is 2.37 bits per heavy atom. The van der Waals surface area contributed by atoms with Crippen LogP contribution in [0.5, 0.6) is 0 Å². The standard InChI is InChI=1S/C30H52O5/c1-8-20-24-15-18(2)11-13-30(24,5)23-12-14-29(4)21(19(3)16-25(31)28(32)34-7)9-10-22(29)26(23)27(20)35-17-33-6/h18-27,31H,8-17H2,1-7H3/t18-,19-,20-,21-,22?,23?,24+,25?,26?,27-,29-,30-/m1/s1. The topological polar surface area (TPSA) is 65.0 Å². The van der Waals surface area contributed by atoms with Crippen molar-refractivity contribution >= 4 is 5.97 Å². The first kappa shape index (κ1) is 27.4. The molecule has 4 aliphatic carbocycles. The zero-order valence-corrected chi connectivity index (χ0v) is 23.4. The number of rotatable bonds is 8. The molecule has 4 unspecified atom stereocenters. The van der Waals surface area contributed by atoms with Crippen LogP contribution in [0.2, 0.25) is 0 Å². The number of carbonyl (C=O) groups is 1. The van der Waals surface area contributed by atoms with E-state index < -0.39 is 12.1 Å². The first-order valence-electron chi connectivity index (χ1n) is 14.5. The van der Waals surface area contributed by atoms with Crippen LogP contribution in [0.15, 0.2) is 0 Å². The Bertz CT molecular complexity index is 740. The molecule has 0 heterocycles. The highest BCUT2D eigenvalue weighted by molar-refractivity contribution is 5.74. The largest absolute Gasteiger partial charge is 0.467 e. The Labute approximate surface area is 214 Å². The summed E-state index contributed by atoms with van der Waals surface area (Å²) in [6.07, 6.45) is 9.96. The molecule has 4 saturated carbocycles. The Morgan fingerprint density at radius 2 is 1.71 bits per heavy atom. The molecule has 4 rings (SSSR count). The third-order valence-electron chi connectivity index (χ3n) is 11.9. The number of fused-ring (bicyclic) bond motifs is 5. The summed E-state index contributed by atoms with van der Waals surface area (Å²) in [6.45, 7) is 12.6. The van der Waals surface area contributed by atoms with Crippen LogP contribution in [0.4, 0.5) is 0 Å². The first-order valence-corrected chi connectivity index (χ1v) is 14.5. The Morgan fingerprint density at radius 1 is 1.03 bits per heavy atom. The third-order valence-corrected chi connectivity index (χ3v) is 11.9. The number of esters is 1. The summed E-state index contributed by atoms with van der Waals surface area (Å²) >= 11 is 0. The first-order chi connectivity index (χ1) is 16.6. The molecule has 1 N–H and O–H groups in total. The van der Waals surface area contributed by atoms with E-state index in [1.165, 1.54) is 58.5 Å². The van der Waals surface area contributed by atoms with E-state index in [1.807, 2.05) is 0 Å². The molecule has 202 valence electrons. The van der Waals surface area contributed by atoms with E-state index in [9.17, 15) is 9.90 Å². The van der Waals surface area contributed by atoms with Crippen molar-refractivity contribution in [3.05, 3.63) is 0 Å². The van der Waals surface area contributed by atoms with E-state index in [1.54, 1.807) is 7.11 Å². The molecule has 0 saturated heterocycles. The molecule has 0 aliphatic heterocycles. The average molecular weight is 493 g/mol. The minimum absolute atomic E-state index is 0.231. The molecular formula is C30H52O5. The van der Waals surface area contributed by atoms with Crippen LogP contribution in [0, 0.1) is 58.2 Å². The second-order valence-corrected chi connectivity index (χ2v) is 13.4. The van der Waals surface area contributed by atoms with E-state index in [2.05, 4.69) is 34.6 Å². The van der Waals surface area contributed by atoms with Gasteiger partial charge in [-0.25, -0.2) is 4.79 Å². The normalized spacial score (nSPS) is 46.7. The number of aliphatic hydroxyl groups is 1. The van der Waals surface area contributed by atoms with E-state index in [0.717, 1.165) is 17.8 Å². The van der Waals surface area contributed by atoms with E-state index in [0.29, 0.717) is 48.2 Å². The van der Waals surface area contributed by atoms with Gasteiger partial charge >= 0.3 is 5.97 Å². The maximum atomic E-state index is 11.9. The Kier molecular flexibility index (Phi) is 8.30. The molecule has 4 fully saturated rings. The van der Waals surface area contributed by atoms with Gasteiger partial charge in [-0.2, -0.15) is 0 Å².